The summed E-state index contributed by atoms with van der Waals surface area (Å²) >= 11 is 0.935. The maximum Gasteiger partial charge on any atom is 0.350 e. The first kappa shape index (κ1) is 19.9. The second-order valence-corrected chi connectivity index (χ2v) is 8.27. The van der Waals surface area contributed by atoms with Gasteiger partial charge in [-0.05, 0) is 42.0 Å². The molecule has 10 heteroatoms. The van der Waals surface area contributed by atoms with E-state index < -0.39 is 38.3 Å². The molecule has 0 radical (unpaired) electrons. The van der Waals surface area contributed by atoms with E-state index in [4.69, 9.17) is 0 Å². The van der Waals surface area contributed by atoms with Gasteiger partial charge in [-0.3, -0.25) is 4.72 Å². The molecule has 28 heavy (non-hydrogen) atoms. The van der Waals surface area contributed by atoms with Crippen LogP contribution in [0.4, 0.5) is 18.9 Å². The molecule has 0 aliphatic rings. The standard InChI is InChI=1S/C18H12F3NO4S2/c1-26-18(23)17-15(9-16(27-17)10-2-4-11(19)5-3-10)22-28(24,25)12-6-7-13(20)14(21)8-12/h2-9,22H,1H3. The Morgan fingerprint density at radius 2 is 1.68 bits per heavy atom. The van der Waals surface area contributed by atoms with Crippen molar-refractivity contribution in [2.75, 3.05) is 11.8 Å². The van der Waals surface area contributed by atoms with Gasteiger partial charge in [0, 0.05) is 4.88 Å². The Balaban J connectivity index is 2.03. The van der Waals surface area contributed by atoms with E-state index in [1.165, 1.54) is 30.3 Å². The Morgan fingerprint density at radius 1 is 1.00 bits per heavy atom. The maximum atomic E-state index is 13.4. The number of halogens is 3. The second kappa shape index (κ2) is 7.64. The fraction of sp³-hybridized carbons (Fsp3) is 0.0556. The predicted octanol–water partition coefficient (Wildman–Crippen LogP) is 4.42. The van der Waals surface area contributed by atoms with Gasteiger partial charge < -0.3 is 4.74 Å². The quantitative estimate of drug-likeness (QED) is 0.612. The van der Waals surface area contributed by atoms with Crippen LogP contribution in [0.15, 0.2) is 53.4 Å². The van der Waals surface area contributed by atoms with E-state index in [1.807, 2.05) is 0 Å². The number of thiophene rings is 1. The third-order valence-corrected chi connectivity index (χ3v) is 6.20. The average molecular weight is 427 g/mol. The molecular weight excluding hydrogens is 415 g/mol. The third kappa shape index (κ3) is 4.02. The van der Waals surface area contributed by atoms with Crippen LogP contribution in [0, 0.1) is 17.5 Å². The summed E-state index contributed by atoms with van der Waals surface area (Å²) in [5.41, 5.74) is 0.454. The van der Waals surface area contributed by atoms with Crippen molar-refractivity contribution in [2.24, 2.45) is 0 Å². The highest BCUT2D eigenvalue weighted by Gasteiger charge is 2.23. The minimum atomic E-state index is -4.31. The molecule has 0 aliphatic heterocycles. The van der Waals surface area contributed by atoms with Crippen LogP contribution in [0.3, 0.4) is 0 Å². The molecule has 1 heterocycles. The number of hydrogen-bond donors (Lipinski definition) is 1. The monoisotopic (exact) mass is 427 g/mol. The van der Waals surface area contributed by atoms with Crippen LogP contribution in [0.2, 0.25) is 0 Å². The molecule has 0 bridgehead atoms. The van der Waals surface area contributed by atoms with Gasteiger partial charge >= 0.3 is 5.97 Å². The lowest BCUT2D eigenvalue weighted by atomic mass is 10.2. The topological polar surface area (TPSA) is 72.5 Å². The van der Waals surface area contributed by atoms with Crippen molar-refractivity contribution >= 4 is 33.0 Å². The molecule has 0 saturated carbocycles. The number of methoxy groups -OCH3 is 1. The van der Waals surface area contributed by atoms with Gasteiger partial charge in [0.15, 0.2) is 11.6 Å². The van der Waals surface area contributed by atoms with Crippen molar-refractivity contribution in [1.82, 2.24) is 0 Å². The highest BCUT2D eigenvalue weighted by Crippen LogP contribution is 2.36. The molecule has 0 spiro atoms. The summed E-state index contributed by atoms with van der Waals surface area (Å²) < 4.78 is 71.5. The van der Waals surface area contributed by atoms with E-state index in [0.29, 0.717) is 22.6 Å². The van der Waals surface area contributed by atoms with Crippen molar-refractivity contribution in [3.05, 3.63) is 70.9 Å². The lowest BCUT2D eigenvalue weighted by Crippen LogP contribution is -2.15. The Hall–Kier alpha value is -2.85. The van der Waals surface area contributed by atoms with E-state index >= 15 is 0 Å². The number of nitrogens with one attached hydrogen (secondary N) is 1. The van der Waals surface area contributed by atoms with E-state index in [-0.39, 0.29) is 10.6 Å². The normalized spacial score (nSPS) is 11.3. The molecular formula is C18H12F3NO4S2. The van der Waals surface area contributed by atoms with Crippen LogP contribution in [0.1, 0.15) is 9.67 Å². The van der Waals surface area contributed by atoms with E-state index in [9.17, 15) is 26.4 Å². The Bertz CT molecular complexity index is 1140. The number of rotatable bonds is 5. The molecule has 2 aromatic carbocycles. The molecule has 1 N–H and O–H groups in total. The zero-order valence-electron chi connectivity index (χ0n) is 14.2. The van der Waals surface area contributed by atoms with Gasteiger partial charge in [0.2, 0.25) is 0 Å². The highest BCUT2D eigenvalue weighted by molar-refractivity contribution is 7.92. The number of carbonyl (C=O) groups is 1. The van der Waals surface area contributed by atoms with Crippen molar-refractivity contribution in [3.8, 4) is 10.4 Å². The Kier molecular flexibility index (Phi) is 5.43. The highest BCUT2D eigenvalue weighted by atomic mass is 32.2. The van der Waals surface area contributed by atoms with Crippen LogP contribution >= 0.6 is 11.3 Å². The van der Waals surface area contributed by atoms with Gasteiger partial charge in [-0.15, -0.1) is 11.3 Å². The molecule has 0 unspecified atom stereocenters. The Morgan fingerprint density at radius 3 is 2.29 bits per heavy atom. The molecule has 5 nitrogen and oxygen atoms in total. The largest absolute Gasteiger partial charge is 0.465 e. The first-order valence-corrected chi connectivity index (χ1v) is 9.97. The maximum absolute atomic E-state index is 13.4. The predicted molar refractivity (Wildman–Crippen MR) is 98.2 cm³/mol. The van der Waals surface area contributed by atoms with Crippen molar-refractivity contribution in [1.29, 1.82) is 0 Å². The molecule has 146 valence electrons. The van der Waals surface area contributed by atoms with Gasteiger partial charge in [0.25, 0.3) is 10.0 Å². The molecule has 0 fully saturated rings. The van der Waals surface area contributed by atoms with Gasteiger partial charge in [0.05, 0.1) is 17.7 Å². The molecule has 0 aliphatic carbocycles. The van der Waals surface area contributed by atoms with Crippen LogP contribution in [0.25, 0.3) is 10.4 Å². The summed E-state index contributed by atoms with van der Waals surface area (Å²) in [5.74, 6) is -3.76. The van der Waals surface area contributed by atoms with Gasteiger partial charge in [-0.25, -0.2) is 26.4 Å². The number of sulfonamides is 1. The smallest absolute Gasteiger partial charge is 0.350 e. The summed E-state index contributed by atoms with van der Waals surface area (Å²) in [6.45, 7) is 0. The molecule has 0 amide bonds. The zero-order chi connectivity index (χ0) is 20.5. The molecule has 0 saturated heterocycles. The second-order valence-electron chi connectivity index (χ2n) is 5.53. The average Bonchev–Trinajstić information content (AvgIpc) is 3.06. The van der Waals surface area contributed by atoms with Crippen molar-refractivity contribution in [3.63, 3.8) is 0 Å². The molecule has 0 atom stereocenters. The van der Waals surface area contributed by atoms with Gasteiger partial charge in [-0.1, -0.05) is 12.1 Å². The number of ether oxygens (including phenoxy) is 1. The van der Waals surface area contributed by atoms with Gasteiger partial charge in [0.1, 0.15) is 10.7 Å². The number of anilines is 1. The van der Waals surface area contributed by atoms with Crippen molar-refractivity contribution in [2.45, 2.75) is 4.90 Å². The SMILES string of the molecule is COC(=O)c1sc(-c2ccc(F)cc2)cc1NS(=O)(=O)c1ccc(F)c(F)c1. The first-order chi connectivity index (χ1) is 13.2. The summed E-state index contributed by atoms with van der Waals surface area (Å²) in [4.78, 5) is 11.9. The van der Waals surface area contributed by atoms with E-state index in [0.717, 1.165) is 24.5 Å². The fourth-order valence-electron chi connectivity index (χ4n) is 2.32. The zero-order valence-corrected chi connectivity index (χ0v) is 15.8. The number of benzene rings is 2. The lowest BCUT2D eigenvalue weighted by Gasteiger charge is -2.08. The summed E-state index contributed by atoms with van der Waals surface area (Å²) in [6, 6.07) is 8.86. The van der Waals surface area contributed by atoms with E-state index in [2.05, 4.69) is 9.46 Å². The molecule has 3 rings (SSSR count). The van der Waals surface area contributed by atoms with Crippen LogP contribution < -0.4 is 4.72 Å². The summed E-state index contributed by atoms with van der Waals surface area (Å²) in [7, 11) is -3.18. The molecule has 3 aromatic rings. The summed E-state index contributed by atoms with van der Waals surface area (Å²) in [6.07, 6.45) is 0. The van der Waals surface area contributed by atoms with Crippen LogP contribution in [0.5, 0.6) is 0 Å². The number of carbonyl (C=O) groups excluding carboxylic acids is 1. The Labute approximate surface area is 162 Å². The van der Waals surface area contributed by atoms with Gasteiger partial charge in [-0.2, -0.15) is 0 Å². The van der Waals surface area contributed by atoms with Crippen LogP contribution in [-0.2, 0) is 14.8 Å². The first-order valence-electron chi connectivity index (χ1n) is 7.67. The summed E-state index contributed by atoms with van der Waals surface area (Å²) in [5, 5.41) is 0. The van der Waals surface area contributed by atoms with Crippen molar-refractivity contribution < 1.29 is 31.1 Å². The minimum absolute atomic E-state index is 0.0482. The van der Waals surface area contributed by atoms with Crippen LogP contribution in [-0.4, -0.2) is 21.5 Å². The third-order valence-electron chi connectivity index (χ3n) is 3.68. The minimum Gasteiger partial charge on any atom is -0.465 e. The number of esters is 1. The number of hydrogen-bond acceptors (Lipinski definition) is 5. The lowest BCUT2D eigenvalue weighted by molar-refractivity contribution is 0.0607. The van der Waals surface area contributed by atoms with E-state index in [1.54, 1.807) is 0 Å². The molecule has 1 aromatic heterocycles. The fourth-order valence-corrected chi connectivity index (χ4v) is 4.49.